The van der Waals surface area contributed by atoms with E-state index in [2.05, 4.69) is 58.9 Å². The van der Waals surface area contributed by atoms with Gasteiger partial charge in [-0.25, -0.2) is 0 Å². The third-order valence-corrected chi connectivity index (χ3v) is 21.9. The minimum Gasteiger partial charge on any atom is -0.392 e. The summed E-state index contributed by atoms with van der Waals surface area (Å²) in [5.41, 5.74) is 1.30. The van der Waals surface area contributed by atoms with Crippen LogP contribution < -0.4 is 0 Å². The maximum atomic E-state index is 13.4. The van der Waals surface area contributed by atoms with Crippen LogP contribution in [0.2, 0.25) is 0 Å². The normalized spacial score (nSPS) is 43.3. The number of hydrogen-bond donors (Lipinski definition) is 5. The smallest absolute Gasteiger partial charge is 0.157 e. The second-order valence-corrected chi connectivity index (χ2v) is 25.0. The molecule has 8 saturated carbocycles. The van der Waals surface area contributed by atoms with Crippen LogP contribution in [0.1, 0.15) is 162 Å². The third kappa shape index (κ3) is 9.92. The predicted octanol–water partition coefficient (Wildman–Crippen LogP) is 9.51. The number of nitrogens with zero attached hydrogens (tertiary/aromatic N) is 3. The Morgan fingerprint density at radius 3 is 1.56 bits per heavy atom. The van der Waals surface area contributed by atoms with Crippen molar-refractivity contribution in [2.45, 2.75) is 182 Å². The summed E-state index contributed by atoms with van der Waals surface area (Å²) in [5, 5.41) is 50.7. The van der Waals surface area contributed by atoms with Gasteiger partial charge in [0.25, 0.3) is 0 Å². The fraction of sp³-hybridized carbons (Fsp3) is 0.855. The van der Waals surface area contributed by atoms with Gasteiger partial charge < -0.3 is 29.9 Å². The highest BCUT2D eigenvalue weighted by molar-refractivity contribution is 9.09. The Kier molecular flexibility index (Phi) is 16.8. The van der Waals surface area contributed by atoms with E-state index in [1.54, 1.807) is 43.7 Å². The summed E-state index contributed by atoms with van der Waals surface area (Å²) < 4.78 is 12.4. The minimum atomic E-state index is -0.651. The van der Waals surface area contributed by atoms with Gasteiger partial charge in [-0.3, -0.25) is 19.4 Å². The van der Waals surface area contributed by atoms with Gasteiger partial charge in [0, 0.05) is 49.6 Å². The lowest BCUT2D eigenvalue weighted by Crippen LogP contribution is -2.56. The van der Waals surface area contributed by atoms with E-state index in [4.69, 9.17) is 14.6 Å². The molecule has 8 fully saturated rings. The number of aromatic nitrogens is 4. The van der Waals surface area contributed by atoms with Crippen molar-refractivity contribution in [1.29, 1.82) is 0 Å². The number of ether oxygens (including phenoxy) is 2. The molecule has 13 heteroatoms. The largest absolute Gasteiger partial charge is 0.392 e. The fourth-order valence-electron chi connectivity index (χ4n) is 17.8. The molecule has 68 heavy (non-hydrogen) atoms. The van der Waals surface area contributed by atoms with Gasteiger partial charge in [0.2, 0.25) is 0 Å². The highest BCUT2D eigenvalue weighted by atomic mass is 79.9. The molecule has 8 aliphatic rings. The van der Waals surface area contributed by atoms with Crippen molar-refractivity contribution in [3.05, 3.63) is 35.9 Å². The lowest BCUT2D eigenvalue weighted by atomic mass is 9.44. The Hall–Kier alpha value is -2.00. The number of alkyl halides is 1. The summed E-state index contributed by atoms with van der Waals surface area (Å²) in [6.07, 6.45) is 26.8. The summed E-state index contributed by atoms with van der Waals surface area (Å²) in [6, 6.07) is 0. The molecule has 2 aromatic heterocycles. The second kappa shape index (κ2) is 21.2. The zero-order chi connectivity index (χ0) is 48.0. The predicted molar refractivity (Wildman–Crippen MR) is 267 cm³/mol. The first kappa shape index (κ1) is 53.8. The molecule has 0 aromatic carbocycles. The number of aliphatic hydroxyl groups excluding tert-OH is 2. The van der Waals surface area contributed by atoms with Crippen molar-refractivity contribution in [1.82, 2.24) is 20.0 Å². The molecule has 2 aromatic rings. The number of halogens is 1. The van der Waals surface area contributed by atoms with Gasteiger partial charge in [-0.2, -0.15) is 10.2 Å². The van der Waals surface area contributed by atoms with Gasteiger partial charge >= 0.3 is 0 Å². The van der Waals surface area contributed by atoms with Crippen molar-refractivity contribution >= 4 is 27.5 Å². The minimum absolute atomic E-state index is 0. The van der Waals surface area contributed by atoms with Crippen molar-refractivity contribution in [2.24, 2.45) is 80.8 Å². The number of ketones is 2. The quantitative estimate of drug-likeness (QED) is 0.136. The maximum absolute atomic E-state index is 13.4. The van der Waals surface area contributed by atoms with E-state index in [0.29, 0.717) is 77.1 Å². The van der Waals surface area contributed by atoms with Crippen molar-refractivity contribution in [2.75, 3.05) is 32.8 Å². The van der Waals surface area contributed by atoms with Crippen LogP contribution in [-0.4, -0.2) is 95.9 Å². The monoisotopic (exact) mass is 1010 g/mol. The molecule has 0 spiro atoms. The molecular formula is C55H89BrN4O8. The number of H-pyrrole nitrogens is 1. The molecule has 2 heterocycles. The number of aliphatic hydroxyl groups is 4. The Balaban J connectivity index is 0.000000176. The number of rotatable bonds is 11. The van der Waals surface area contributed by atoms with E-state index in [-0.39, 0.29) is 43.3 Å². The average molecular weight is 1010 g/mol. The molecule has 0 unspecified atom stereocenters. The fourth-order valence-corrected chi connectivity index (χ4v) is 18.2. The lowest BCUT2D eigenvalue weighted by molar-refractivity contribution is -0.164. The van der Waals surface area contributed by atoms with Crippen LogP contribution in [0, 0.1) is 80.8 Å². The van der Waals surface area contributed by atoms with Crippen LogP contribution in [0.4, 0.5) is 0 Å². The number of aromatic amines is 1. The molecule has 0 amide bonds. The summed E-state index contributed by atoms with van der Waals surface area (Å²) in [4.78, 5) is 26.0. The number of fused-ring (bicyclic) bond motifs is 10. The van der Waals surface area contributed by atoms with Crippen LogP contribution in [0.3, 0.4) is 0 Å². The van der Waals surface area contributed by atoms with E-state index >= 15 is 0 Å². The zero-order valence-corrected chi connectivity index (χ0v) is 43.3. The van der Waals surface area contributed by atoms with Gasteiger partial charge in [-0.15, -0.1) is 0 Å². The van der Waals surface area contributed by atoms with Crippen LogP contribution >= 0.6 is 15.9 Å². The summed E-state index contributed by atoms with van der Waals surface area (Å²) in [5.74, 6) is 6.68. The molecule has 8 aliphatic carbocycles. The molecule has 10 rings (SSSR count). The van der Waals surface area contributed by atoms with Gasteiger partial charge in [0.1, 0.15) is 5.78 Å². The molecule has 0 bridgehead atoms. The van der Waals surface area contributed by atoms with Gasteiger partial charge in [0.05, 0.1) is 61.9 Å². The summed E-state index contributed by atoms with van der Waals surface area (Å²) in [7, 11) is 3.40. The third-order valence-electron chi connectivity index (χ3n) is 21.3. The first-order valence-electron chi connectivity index (χ1n) is 26.2. The van der Waals surface area contributed by atoms with Crippen LogP contribution in [-0.2, 0) is 38.8 Å². The topological polar surface area (TPSA) is 180 Å². The zero-order valence-electron chi connectivity index (χ0n) is 41.7. The Labute approximate surface area is 416 Å². The van der Waals surface area contributed by atoms with Gasteiger partial charge in [-0.1, -0.05) is 51.1 Å². The van der Waals surface area contributed by atoms with Crippen molar-refractivity contribution < 1.29 is 39.5 Å². The number of methoxy groups -OCH3 is 2. The first-order chi connectivity index (χ1) is 31.9. The Morgan fingerprint density at radius 2 is 1.15 bits per heavy atom. The molecule has 12 nitrogen and oxygen atoms in total. The van der Waals surface area contributed by atoms with Crippen molar-refractivity contribution in [3.8, 4) is 0 Å². The molecular weight excluding hydrogens is 925 g/mol. The highest BCUT2D eigenvalue weighted by Crippen LogP contribution is 2.70. The van der Waals surface area contributed by atoms with E-state index in [9.17, 15) is 24.9 Å². The lowest BCUT2D eigenvalue weighted by Gasteiger charge is -2.62. The number of Topliss-reactive ketones (excluding diaryl/α,β-unsaturated/α-hetero) is 2. The summed E-state index contributed by atoms with van der Waals surface area (Å²) in [6.45, 7) is 11.1. The number of hydrogen-bond acceptors (Lipinski definition) is 10. The molecule has 0 aliphatic heterocycles. The van der Waals surface area contributed by atoms with Crippen LogP contribution in [0.5, 0.6) is 0 Å². The SMILES string of the molecule is C.COC[C@@]1(O)CC[C@@]2(C)[C@@H](CC[C@@H]3[C@@H]2CC[C@]2(C)[C@@H](C(=O)CBr)CC[C@@H]32)C1.COC[C@@]1(O)CC[C@@]2(C)[C@@H](CC[C@@H]3[C@@H]2CC[C@]2(C)[C@@H](C(=O)Cn4cc(CO)cn4)CC[C@@H]32)C1.OCc1cn[nH]c1. The number of carbonyl (C=O) groups is 2. The average Bonchev–Trinajstić information content (AvgIpc) is 4.13. The Morgan fingerprint density at radius 1 is 0.662 bits per heavy atom. The summed E-state index contributed by atoms with van der Waals surface area (Å²) >= 11 is 3.43. The Bertz CT molecular complexity index is 2000. The van der Waals surface area contributed by atoms with Gasteiger partial charge in [-0.05, 0) is 185 Å². The van der Waals surface area contributed by atoms with Gasteiger partial charge in [0.15, 0.2) is 5.78 Å². The van der Waals surface area contributed by atoms with E-state index in [1.165, 1.54) is 57.8 Å². The molecule has 0 radical (unpaired) electrons. The maximum Gasteiger partial charge on any atom is 0.157 e. The van der Waals surface area contributed by atoms with Crippen LogP contribution in [0.25, 0.3) is 0 Å². The second-order valence-electron chi connectivity index (χ2n) is 24.4. The molecule has 16 atom stereocenters. The van der Waals surface area contributed by atoms with Crippen molar-refractivity contribution in [3.63, 3.8) is 0 Å². The molecule has 0 saturated heterocycles. The molecule has 384 valence electrons. The highest BCUT2D eigenvalue weighted by Gasteiger charge is 2.64. The number of nitrogens with one attached hydrogen (secondary N) is 1. The van der Waals surface area contributed by atoms with E-state index in [1.807, 2.05) is 0 Å². The first-order valence-corrected chi connectivity index (χ1v) is 27.3. The van der Waals surface area contributed by atoms with E-state index < -0.39 is 11.2 Å². The number of carbonyl (C=O) groups excluding carboxylic acids is 2. The van der Waals surface area contributed by atoms with Crippen LogP contribution in [0.15, 0.2) is 24.8 Å². The van der Waals surface area contributed by atoms with E-state index in [0.717, 1.165) is 86.7 Å². The standard InChI is InChI=1S/C27H42N2O4.C23H37BrO3.C4H6N2O.CH4/c1-25-10-11-27(32,17-33-3)12-19(25)4-5-20-21-6-7-23(26(21,2)9-8-22(20)25)24(31)15-29-14-18(16-30)13-28-29;1-21-10-11-23(26,14-27-3)12-15(21)4-5-16-17-6-7-19(20(25)13-24)22(17,2)9-8-18(16)21;7-3-4-1-5-6-2-4;/h13-14,19-23,30,32H,4-12,15-17H2,1-3H3;15-19,26H,4-14H2,1-3H3;1-2,7H,3H2,(H,5,6);1H4/t19-,20-,21-,22-,23+,25-,26-,27+;15-,16-,17-,18-,19+,21-,22-,23+;;/m00../s1. The molecule has 5 N–H and O–H groups in total.